The van der Waals surface area contributed by atoms with E-state index in [1.54, 1.807) is 31.4 Å². The molecule has 0 aliphatic rings. The molecule has 0 heterocycles. The molecule has 0 aliphatic carbocycles. The number of carbonyl (C=O) groups is 2. The zero-order valence-electron chi connectivity index (χ0n) is 15.6. The smallest absolute Gasteiger partial charge is 0.273 e. The van der Waals surface area contributed by atoms with Gasteiger partial charge in [-0.2, -0.15) is 0 Å². The van der Waals surface area contributed by atoms with Crippen molar-refractivity contribution in [2.45, 2.75) is 6.42 Å². The van der Waals surface area contributed by atoms with Crippen molar-refractivity contribution in [1.82, 2.24) is 10.9 Å². The molecule has 2 amide bonds. The summed E-state index contributed by atoms with van der Waals surface area (Å²) < 4.78 is 10.5. The lowest BCUT2D eigenvalue weighted by Gasteiger charge is -2.12. The van der Waals surface area contributed by atoms with Crippen LogP contribution in [0.25, 0.3) is 10.8 Å². The number of hydrogen-bond donors (Lipinski definition) is 2. The van der Waals surface area contributed by atoms with E-state index in [4.69, 9.17) is 9.47 Å². The second kappa shape index (κ2) is 9.53. The molecule has 0 bridgehead atoms. The topological polar surface area (TPSA) is 76.7 Å². The van der Waals surface area contributed by atoms with Crippen LogP contribution in [0.15, 0.2) is 66.7 Å². The van der Waals surface area contributed by atoms with Crippen LogP contribution in [-0.4, -0.2) is 32.1 Å². The first-order valence-corrected chi connectivity index (χ1v) is 8.95. The van der Waals surface area contributed by atoms with Crippen molar-refractivity contribution in [3.05, 3.63) is 77.9 Å². The van der Waals surface area contributed by atoms with E-state index in [0.29, 0.717) is 24.5 Å². The zero-order chi connectivity index (χ0) is 19.8. The lowest BCUT2D eigenvalue weighted by molar-refractivity contribution is -0.121. The van der Waals surface area contributed by atoms with E-state index < -0.39 is 5.91 Å². The molecule has 0 spiro atoms. The quantitative estimate of drug-likeness (QED) is 0.490. The molecular formula is C22H22N2O4. The van der Waals surface area contributed by atoms with Gasteiger partial charge in [0.15, 0.2) is 0 Å². The minimum Gasteiger partial charge on any atom is -0.490 e. The van der Waals surface area contributed by atoms with Gasteiger partial charge < -0.3 is 9.47 Å². The number of rotatable bonds is 7. The maximum Gasteiger partial charge on any atom is 0.273 e. The summed E-state index contributed by atoms with van der Waals surface area (Å²) in [7, 11) is 1.58. The predicted molar refractivity (Wildman–Crippen MR) is 107 cm³/mol. The summed E-state index contributed by atoms with van der Waals surface area (Å²) in [6.07, 6.45) is 0.160. The van der Waals surface area contributed by atoms with Gasteiger partial charge in [0.05, 0.1) is 18.6 Å². The van der Waals surface area contributed by atoms with Gasteiger partial charge in [0.1, 0.15) is 12.4 Å². The lowest BCUT2D eigenvalue weighted by atomic mass is 10.0. The highest BCUT2D eigenvalue weighted by Gasteiger charge is 2.13. The molecule has 0 saturated carbocycles. The molecule has 3 aromatic rings. The Bertz CT molecular complexity index is 966. The Morgan fingerprint density at radius 3 is 2.46 bits per heavy atom. The summed E-state index contributed by atoms with van der Waals surface area (Å²) in [5.41, 5.74) is 6.15. The van der Waals surface area contributed by atoms with E-state index in [0.717, 1.165) is 16.3 Å². The normalized spacial score (nSPS) is 10.5. The van der Waals surface area contributed by atoms with Crippen molar-refractivity contribution < 1.29 is 19.1 Å². The highest BCUT2D eigenvalue weighted by atomic mass is 16.5. The van der Waals surface area contributed by atoms with Crippen LogP contribution in [0.1, 0.15) is 15.9 Å². The van der Waals surface area contributed by atoms with Gasteiger partial charge in [0.25, 0.3) is 5.91 Å². The molecule has 3 rings (SSSR count). The van der Waals surface area contributed by atoms with Crippen LogP contribution in [0.5, 0.6) is 5.75 Å². The van der Waals surface area contributed by atoms with E-state index in [1.807, 2.05) is 42.5 Å². The summed E-state index contributed by atoms with van der Waals surface area (Å²) in [6.45, 7) is 0.742. The average Bonchev–Trinajstić information content (AvgIpc) is 2.73. The summed E-state index contributed by atoms with van der Waals surface area (Å²) in [6, 6.07) is 20.5. The average molecular weight is 378 g/mol. The standard InChI is InChI=1S/C22H22N2O4/c1-27-13-14-28-20-12-5-4-11-19(20)22(26)24-23-21(25)15-17-9-6-8-16-7-2-3-10-18(16)17/h2-12H,13-15H2,1H3,(H,23,25)(H,24,26). The molecule has 0 fully saturated rings. The number of ether oxygens (including phenoxy) is 2. The highest BCUT2D eigenvalue weighted by Crippen LogP contribution is 2.19. The SMILES string of the molecule is COCCOc1ccccc1C(=O)NNC(=O)Cc1cccc2ccccc12. The maximum atomic E-state index is 12.4. The number of fused-ring (bicyclic) bond motifs is 1. The Balaban J connectivity index is 1.61. The van der Waals surface area contributed by atoms with Crippen LogP contribution >= 0.6 is 0 Å². The fourth-order valence-electron chi connectivity index (χ4n) is 2.87. The number of amides is 2. The molecule has 0 radical (unpaired) electrons. The van der Waals surface area contributed by atoms with E-state index in [-0.39, 0.29) is 12.3 Å². The number of hydrogen-bond acceptors (Lipinski definition) is 4. The number of para-hydroxylation sites is 1. The van der Waals surface area contributed by atoms with Gasteiger partial charge in [0.2, 0.25) is 5.91 Å². The van der Waals surface area contributed by atoms with Gasteiger partial charge in [-0.15, -0.1) is 0 Å². The van der Waals surface area contributed by atoms with E-state index in [2.05, 4.69) is 10.9 Å². The van der Waals surface area contributed by atoms with Crippen LogP contribution in [0.2, 0.25) is 0 Å². The monoisotopic (exact) mass is 378 g/mol. The molecule has 2 N–H and O–H groups in total. The van der Waals surface area contributed by atoms with Gasteiger partial charge in [-0.05, 0) is 28.5 Å². The van der Waals surface area contributed by atoms with Crippen LogP contribution in [0, 0.1) is 0 Å². The summed E-state index contributed by atoms with van der Waals surface area (Å²) in [4.78, 5) is 24.7. The van der Waals surface area contributed by atoms with Crippen LogP contribution in [-0.2, 0) is 16.0 Å². The Kier molecular flexibility index (Phi) is 6.59. The van der Waals surface area contributed by atoms with Gasteiger partial charge in [0, 0.05) is 7.11 Å². The predicted octanol–water partition coefficient (Wildman–Crippen LogP) is 2.87. The Labute approximate surface area is 163 Å². The van der Waals surface area contributed by atoms with Gasteiger partial charge in [-0.1, -0.05) is 54.6 Å². The molecule has 0 aromatic heterocycles. The Morgan fingerprint density at radius 1 is 0.857 bits per heavy atom. The van der Waals surface area contributed by atoms with E-state index >= 15 is 0 Å². The van der Waals surface area contributed by atoms with Crippen molar-refractivity contribution >= 4 is 22.6 Å². The second-order valence-corrected chi connectivity index (χ2v) is 6.15. The fraction of sp³-hybridized carbons (Fsp3) is 0.182. The largest absolute Gasteiger partial charge is 0.490 e. The van der Waals surface area contributed by atoms with Crippen LogP contribution in [0.4, 0.5) is 0 Å². The molecule has 0 atom stereocenters. The van der Waals surface area contributed by atoms with Crippen molar-refractivity contribution in [2.75, 3.05) is 20.3 Å². The van der Waals surface area contributed by atoms with Crippen LogP contribution in [0.3, 0.4) is 0 Å². The summed E-state index contributed by atoms with van der Waals surface area (Å²) >= 11 is 0. The third kappa shape index (κ3) is 4.86. The number of benzene rings is 3. The molecule has 0 saturated heterocycles. The number of nitrogens with one attached hydrogen (secondary N) is 2. The Morgan fingerprint density at radius 2 is 1.61 bits per heavy atom. The highest BCUT2D eigenvalue weighted by molar-refractivity contribution is 5.98. The maximum absolute atomic E-state index is 12.4. The molecule has 144 valence electrons. The third-order valence-electron chi connectivity index (χ3n) is 4.22. The first-order valence-electron chi connectivity index (χ1n) is 8.95. The second-order valence-electron chi connectivity index (χ2n) is 6.15. The summed E-state index contributed by atoms with van der Waals surface area (Å²) in [5.74, 6) is -0.317. The van der Waals surface area contributed by atoms with Crippen LogP contribution < -0.4 is 15.6 Å². The molecule has 6 nitrogen and oxygen atoms in total. The molecule has 3 aromatic carbocycles. The zero-order valence-corrected chi connectivity index (χ0v) is 15.6. The van der Waals surface area contributed by atoms with Gasteiger partial charge in [-0.3, -0.25) is 20.4 Å². The third-order valence-corrected chi connectivity index (χ3v) is 4.22. The number of methoxy groups -OCH3 is 1. The van der Waals surface area contributed by atoms with Crippen molar-refractivity contribution in [3.8, 4) is 5.75 Å². The van der Waals surface area contributed by atoms with E-state index in [9.17, 15) is 9.59 Å². The first kappa shape index (κ1) is 19.4. The minimum atomic E-state index is -0.445. The van der Waals surface area contributed by atoms with Crippen molar-refractivity contribution in [1.29, 1.82) is 0 Å². The molecule has 0 unspecified atom stereocenters. The molecule has 6 heteroatoms. The first-order chi connectivity index (χ1) is 13.7. The van der Waals surface area contributed by atoms with Gasteiger partial charge in [-0.25, -0.2) is 0 Å². The van der Waals surface area contributed by atoms with Crippen molar-refractivity contribution in [2.24, 2.45) is 0 Å². The minimum absolute atomic E-state index is 0.160. The Hall–Kier alpha value is -3.38. The molecule has 28 heavy (non-hydrogen) atoms. The number of hydrazine groups is 1. The fourth-order valence-corrected chi connectivity index (χ4v) is 2.87. The molecular weight excluding hydrogens is 356 g/mol. The molecule has 0 aliphatic heterocycles. The summed E-state index contributed by atoms with van der Waals surface area (Å²) in [5, 5.41) is 2.09. The number of carbonyl (C=O) groups excluding carboxylic acids is 2. The van der Waals surface area contributed by atoms with E-state index in [1.165, 1.54) is 0 Å². The lowest BCUT2D eigenvalue weighted by Crippen LogP contribution is -2.42. The van der Waals surface area contributed by atoms with Crippen molar-refractivity contribution in [3.63, 3.8) is 0 Å². The van der Waals surface area contributed by atoms with Gasteiger partial charge >= 0.3 is 0 Å².